The average Bonchev–Trinajstić information content (AvgIpc) is 3.19. The largest absolute Gasteiger partial charge is 0.489 e. The Morgan fingerprint density at radius 1 is 1.29 bits per heavy atom. The Balaban J connectivity index is 1.66. The van der Waals surface area contributed by atoms with E-state index in [1.165, 1.54) is 0 Å². The minimum absolute atomic E-state index is 0.0938. The number of rotatable bonds is 7. The van der Waals surface area contributed by atoms with Gasteiger partial charge in [0.25, 0.3) is 5.91 Å². The van der Waals surface area contributed by atoms with Gasteiger partial charge in [0, 0.05) is 6.61 Å². The maximum Gasteiger partial charge on any atom is 0.265 e. The molecule has 2 unspecified atom stereocenters. The summed E-state index contributed by atoms with van der Waals surface area (Å²) >= 11 is 12.1. The molecule has 1 aliphatic rings. The normalized spacial score (nSPS) is 17.2. The van der Waals surface area contributed by atoms with Crippen LogP contribution in [-0.2, 0) is 9.53 Å². The molecule has 5 nitrogen and oxygen atoms in total. The van der Waals surface area contributed by atoms with Gasteiger partial charge in [0.15, 0.2) is 6.10 Å². The maximum atomic E-state index is 12.6. The van der Waals surface area contributed by atoms with Crippen LogP contribution in [0.3, 0.4) is 0 Å². The van der Waals surface area contributed by atoms with Gasteiger partial charge < -0.3 is 19.5 Å². The highest BCUT2D eigenvalue weighted by atomic mass is 35.5. The first-order chi connectivity index (χ1) is 13.4. The molecule has 1 amide bonds. The Morgan fingerprint density at radius 2 is 2.11 bits per heavy atom. The molecular weight excluding hydrogens is 401 g/mol. The second kappa shape index (κ2) is 9.50. The number of benzene rings is 2. The predicted molar refractivity (Wildman–Crippen MR) is 111 cm³/mol. The van der Waals surface area contributed by atoms with Crippen molar-refractivity contribution in [1.29, 1.82) is 0 Å². The van der Waals surface area contributed by atoms with Crippen LogP contribution in [0.5, 0.6) is 11.5 Å². The molecule has 1 aliphatic heterocycles. The van der Waals surface area contributed by atoms with Gasteiger partial charge in [-0.15, -0.1) is 0 Å². The van der Waals surface area contributed by atoms with Gasteiger partial charge >= 0.3 is 0 Å². The van der Waals surface area contributed by atoms with E-state index in [-0.39, 0.29) is 17.0 Å². The van der Waals surface area contributed by atoms with Crippen molar-refractivity contribution in [2.75, 3.05) is 18.5 Å². The summed E-state index contributed by atoms with van der Waals surface area (Å²) in [7, 11) is 0. The predicted octanol–water partition coefficient (Wildman–Crippen LogP) is 5.27. The molecule has 3 rings (SSSR count). The number of amides is 1. The van der Waals surface area contributed by atoms with Crippen LogP contribution in [0.25, 0.3) is 0 Å². The molecule has 1 heterocycles. The van der Waals surface area contributed by atoms with Gasteiger partial charge in [-0.2, -0.15) is 0 Å². The van der Waals surface area contributed by atoms with Crippen molar-refractivity contribution in [3.63, 3.8) is 0 Å². The number of anilines is 1. The first-order valence-electron chi connectivity index (χ1n) is 9.20. The monoisotopic (exact) mass is 423 g/mol. The van der Waals surface area contributed by atoms with Crippen LogP contribution < -0.4 is 14.8 Å². The van der Waals surface area contributed by atoms with Crippen molar-refractivity contribution in [2.24, 2.45) is 0 Å². The van der Waals surface area contributed by atoms with Gasteiger partial charge in [-0.05, 0) is 56.5 Å². The molecule has 0 aromatic heterocycles. The third kappa shape index (κ3) is 5.31. The molecule has 1 N–H and O–H groups in total. The van der Waals surface area contributed by atoms with Crippen molar-refractivity contribution in [1.82, 2.24) is 0 Å². The summed E-state index contributed by atoms with van der Waals surface area (Å²) in [5, 5.41) is 3.51. The summed E-state index contributed by atoms with van der Waals surface area (Å²) in [5.41, 5.74) is 1.62. The summed E-state index contributed by atoms with van der Waals surface area (Å²) in [6, 6.07) is 10.7. The number of halogens is 2. The van der Waals surface area contributed by atoms with Crippen LogP contribution >= 0.6 is 23.2 Å². The van der Waals surface area contributed by atoms with E-state index in [0.29, 0.717) is 28.8 Å². The lowest BCUT2D eigenvalue weighted by Crippen LogP contribution is -2.30. The summed E-state index contributed by atoms with van der Waals surface area (Å²) < 4.78 is 17.2. The lowest BCUT2D eigenvalue weighted by molar-refractivity contribution is -0.122. The number of nitrogens with one attached hydrogen (secondary N) is 1. The fourth-order valence-electron chi connectivity index (χ4n) is 2.86. The van der Waals surface area contributed by atoms with E-state index in [4.69, 9.17) is 37.4 Å². The smallest absolute Gasteiger partial charge is 0.265 e. The van der Waals surface area contributed by atoms with Crippen LogP contribution in [0.4, 0.5) is 5.69 Å². The lowest BCUT2D eigenvalue weighted by atomic mass is 10.2. The zero-order valence-electron chi connectivity index (χ0n) is 15.8. The van der Waals surface area contributed by atoms with Gasteiger partial charge in [0.1, 0.15) is 23.1 Å². The van der Waals surface area contributed by atoms with Crippen molar-refractivity contribution in [3.05, 3.63) is 52.0 Å². The summed E-state index contributed by atoms with van der Waals surface area (Å²) in [6.45, 7) is 4.84. The molecule has 2 aromatic carbocycles. The van der Waals surface area contributed by atoms with Gasteiger partial charge in [-0.25, -0.2) is 0 Å². The summed E-state index contributed by atoms with van der Waals surface area (Å²) in [4.78, 5) is 12.6. The minimum Gasteiger partial charge on any atom is -0.489 e. The van der Waals surface area contributed by atoms with E-state index in [2.05, 4.69) is 5.32 Å². The molecule has 0 aliphatic carbocycles. The molecule has 150 valence electrons. The molecule has 0 radical (unpaired) electrons. The first kappa shape index (κ1) is 20.8. The van der Waals surface area contributed by atoms with E-state index in [1.54, 1.807) is 25.1 Å². The third-order valence-corrected chi connectivity index (χ3v) is 5.23. The van der Waals surface area contributed by atoms with E-state index < -0.39 is 6.10 Å². The average molecular weight is 424 g/mol. The van der Waals surface area contributed by atoms with Crippen molar-refractivity contribution >= 4 is 34.8 Å². The highest BCUT2D eigenvalue weighted by molar-refractivity contribution is 6.42. The summed E-state index contributed by atoms with van der Waals surface area (Å²) in [6.07, 6.45) is 1.35. The SMILES string of the molecule is Cc1ccc(NC(=O)C(C)Oc2cccc(Cl)c2Cl)c(OCC2CCCO2)c1. The molecule has 7 heteroatoms. The molecule has 2 aromatic rings. The Kier molecular flexibility index (Phi) is 7.05. The maximum absolute atomic E-state index is 12.6. The number of aryl methyl sites for hydroxylation is 1. The summed E-state index contributed by atoms with van der Waals surface area (Å²) in [5.74, 6) is 0.647. The van der Waals surface area contributed by atoms with Crippen LogP contribution in [0, 0.1) is 6.92 Å². The van der Waals surface area contributed by atoms with E-state index in [0.717, 1.165) is 25.0 Å². The molecule has 1 saturated heterocycles. The standard InChI is InChI=1S/C21H23Cl2NO4/c1-13-8-9-17(19(11-13)27-12-15-5-4-10-26-15)24-21(25)14(2)28-18-7-3-6-16(22)20(18)23/h3,6-9,11,14-15H,4-5,10,12H2,1-2H3,(H,24,25). The number of carbonyl (C=O) groups is 1. The fraction of sp³-hybridized carbons (Fsp3) is 0.381. The Bertz CT molecular complexity index is 837. The molecule has 0 bridgehead atoms. The first-order valence-corrected chi connectivity index (χ1v) is 9.96. The molecule has 2 atom stereocenters. The fourth-order valence-corrected chi connectivity index (χ4v) is 3.20. The topological polar surface area (TPSA) is 56.8 Å². The number of hydrogen-bond acceptors (Lipinski definition) is 4. The van der Waals surface area contributed by atoms with Crippen molar-refractivity contribution < 1.29 is 19.0 Å². The highest BCUT2D eigenvalue weighted by Gasteiger charge is 2.20. The zero-order valence-corrected chi connectivity index (χ0v) is 17.3. The second-order valence-corrected chi connectivity index (χ2v) is 7.53. The van der Waals surface area contributed by atoms with Crippen molar-refractivity contribution in [3.8, 4) is 11.5 Å². The molecule has 1 fully saturated rings. The zero-order chi connectivity index (χ0) is 20.1. The van der Waals surface area contributed by atoms with E-state index in [1.807, 2.05) is 25.1 Å². The number of carbonyl (C=O) groups excluding carboxylic acids is 1. The van der Waals surface area contributed by atoms with Crippen LogP contribution in [-0.4, -0.2) is 31.3 Å². The van der Waals surface area contributed by atoms with Gasteiger partial charge in [-0.3, -0.25) is 4.79 Å². The Morgan fingerprint density at radius 3 is 2.86 bits per heavy atom. The minimum atomic E-state index is -0.775. The molecule has 0 spiro atoms. The molecule has 28 heavy (non-hydrogen) atoms. The number of ether oxygens (including phenoxy) is 3. The molecular formula is C21H23Cl2NO4. The number of hydrogen-bond donors (Lipinski definition) is 1. The van der Waals surface area contributed by atoms with Gasteiger partial charge in [-0.1, -0.05) is 35.3 Å². The van der Waals surface area contributed by atoms with Gasteiger partial charge in [0.2, 0.25) is 0 Å². The second-order valence-electron chi connectivity index (χ2n) is 6.75. The van der Waals surface area contributed by atoms with E-state index in [9.17, 15) is 4.79 Å². The van der Waals surface area contributed by atoms with Crippen LogP contribution in [0.1, 0.15) is 25.3 Å². The Labute approximate surface area is 174 Å². The Hall–Kier alpha value is -1.95. The third-order valence-electron chi connectivity index (χ3n) is 4.43. The quantitative estimate of drug-likeness (QED) is 0.658. The highest BCUT2D eigenvalue weighted by Crippen LogP contribution is 2.32. The van der Waals surface area contributed by atoms with Gasteiger partial charge in [0.05, 0.1) is 16.8 Å². The van der Waals surface area contributed by atoms with E-state index >= 15 is 0 Å². The molecule has 0 saturated carbocycles. The van der Waals surface area contributed by atoms with Crippen molar-refractivity contribution in [2.45, 2.75) is 38.9 Å². The van der Waals surface area contributed by atoms with Crippen LogP contribution in [0.2, 0.25) is 10.0 Å². The lowest BCUT2D eigenvalue weighted by Gasteiger charge is -2.19. The van der Waals surface area contributed by atoms with Crippen LogP contribution in [0.15, 0.2) is 36.4 Å².